The lowest BCUT2D eigenvalue weighted by Crippen LogP contribution is -2.47. The smallest absolute Gasteiger partial charge is 0.315 e. The molecule has 1 fully saturated rings. The van der Waals surface area contributed by atoms with Gasteiger partial charge in [0.2, 0.25) is 0 Å². The largest absolute Gasteiger partial charge is 0.388 e. The first kappa shape index (κ1) is 15.3. The Kier molecular flexibility index (Phi) is 4.99. The number of amides is 2. The maximum absolute atomic E-state index is 11.8. The fraction of sp³-hybridized carbons (Fsp3) is 0.714. The van der Waals surface area contributed by atoms with E-state index in [1.54, 1.807) is 11.3 Å². The van der Waals surface area contributed by atoms with Gasteiger partial charge in [-0.1, -0.05) is 19.3 Å². The van der Waals surface area contributed by atoms with Crippen LogP contribution in [0.25, 0.3) is 0 Å². The molecule has 1 aromatic heterocycles. The molecule has 20 heavy (non-hydrogen) atoms. The molecule has 0 spiro atoms. The number of nitrogens with one attached hydrogen (secondary N) is 2. The summed E-state index contributed by atoms with van der Waals surface area (Å²) in [6.07, 6.45) is 4.82. The molecule has 0 saturated heterocycles. The lowest BCUT2D eigenvalue weighted by molar-refractivity contribution is 0.00719. The number of carbonyl (C=O) groups is 1. The Hall–Kier alpha value is -1.14. The number of hydrogen-bond donors (Lipinski definition) is 3. The second-order valence-electron chi connectivity index (χ2n) is 5.56. The van der Waals surface area contributed by atoms with E-state index in [2.05, 4.69) is 15.6 Å². The minimum atomic E-state index is -0.716. The molecular weight excluding hydrogens is 274 g/mol. The number of carbonyl (C=O) groups excluding carboxylic acids is 1. The third-order valence-corrected chi connectivity index (χ3v) is 4.84. The fourth-order valence-electron chi connectivity index (χ4n) is 2.59. The van der Waals surface area contributed by atoms with Crippen molar-refractivity contribution in [1.82, 2.24) is 15.6 Å². The zero-order valence-electron chi connectivity index (χ0n) is 12.2. The molecule has 2 amide bonds. The van der Waals surface area contributed by atoms with E-state index in [0.29, 0.717) is 13.1 Å². The molecule has 112 valence electrons. The first-order valence-corrected chi connectivity index (χ1v) is 7.97. The Labute approximate surface area is 123 Å². The van der Waals surface area contributed by atoms with Gasteiger partial charge in [0.1, 0.15) is 0 Å². The van der Waals surface area contributed by atoms with Crippen LogP contribution < -0.4 is 10.6 Å². The van der Waals surface area contributed by atoms with Crippen LogP contribution in [0.5, 0.6) is 0 Å². The summed E-state index contributed by atoms with van der Waals surface area (Å²) in [5.41, 5.74) is 0.255. The highest BCUT2D eigenvalue weighted by Crippen LogP contribution is 2.27. The zero-order valence-corrected chi connectivity index (χ0v) is 13.0. The van der Waals surface area contributed by atoms with E-state index < -0.39 is 5.60 Å². The lowest BCUT2D eigenvalue weighted by atomic mass is 9.85. The molecule has 0 aliphatic heterocycles. The number of rotatable bonds is 4. The number of urea groups is 1. The fourth-order valence-corrected chi connectivity index (χ4v) is 3.47. The van der Waals surface area contributed by atoms with Gasteiger partial charge in [0.15, 0.2) is 0 Å². The lowest BCUT2D eigenvalue weighted by Gasteiger charge is -2.32. The number of thiazole rings is 1. The van der Waals surface area contributed by atoms with Crippen LogP contribution in [0.15, 0.2) is 0 Å². The van der Waals surface area contributed by atoms with E-state index in [1.807, 2.05) is 13.8 Å². The van der Waals surface area contributed by atoms with Crippen LogP contribution in [0.1, 0.15) is 47.7 Å². The van der Waals surface area contributed by atoms with Crippen LogP contribution in [0.3, 0.4) is 0 Å². The molecule has 0 aromatic carbocycles. The first-order valence-electron chi connectivity index (χ1n) is 7.15. The Bertz CT molecular complexity index is 467. The van der Waals surface area contributed by atoms with E-state index in [1.165, 1.54) is 6.42 Å². The topological polar surface area (TPSA) is 74.2 Å². The van der Waals surface area contributed by atoms with Crippen molar-refractivity contribution in [2.75, 3.05) is 6.54 Å². The maximum Gasteiger partial charge on any atom is 0.315 e. The van der Waals surface area contributed by atoms with Crippen molar-refractivity contribution in [2.45, 2.75) is 58.1 Å². The highest BCUT2D eigenvalue weighted by molar-refractivity contribution is 7.11. The van der Waals surface area contributed by atoms with Crippen molar-refractivity contribution in [3.05, 3.63) is 15.6 Å². The molecular formula is C14H23N3O2S. The van der Waals surface area contributed by atoms with Crippen LogP contribution in [-0.2, 0) is 6.54 Å². The molecule has 0 radical (unpaired) electrons. The summed E-state index contributed by atoms with van der Waals surface area (Å²) in [5, 5.41) is 16.9. The molecule has 0 unspecified atom stereocenters. The molecule has 1 aliphatic carbocycles. The van der Waals surface area contributed by atoms with Gasteiger partial charge in [0.05, 0.1) is 22.8 Å². The first-order chi connectivity index (χ1) is 9.48. The van der Waals surface area contributed by atoms with Crippen molar-refractivity contribution >= 4 is 17.4 Å². The third kappa shape index (κ3) is 4.18. The second-order valence-corrected chi connectivity index (χ2v) is 6.85. The third-order valence-electron chi connectivity index (χ3n) is 3.77. The van der Waals surface area contributed by atoms with Gasteiger partial charge in [0.25, 0.3) is 0 Å². The maximum atomic E-state index is 11.8. The number of nitrogens with zero attached hydrogens (tertiary/aromatic N) is 1. The quantitative estimate of drug-likeness (QED) is 0.798. The van der Waals surface area contributed by atoms with Gasteiger partial charge in [-0.15, -0.1) is 11.3 Å². The van der Waals surface area contributed by atoms with E-state index >= 15 is 0 Å². The summed E-state index contributed by atoms with van der Waals surface area (Å²) in [7, 11) is 0. The minimum absolute atomic E-state index is 0.227. The van der Waals surface area contributed by atoms with Gasteiger partial charge in [-0.2, -0.15) is 0 Å². The van der Waals surface area contributed by atoms with Gasteiger partial charge in [-0.05, 0) is 26.7 Å². The summed E-state index contributed by atoms with van der Waals surface area (Å²) >= 11 is 1.60. The minimum Gasteiger partial charge on any atom is -0.388 e. The van der Waals surface area contributed by atoms with Crippen molar-refractivity contribution in [1.29, 1.82) is 0 Å². The average Bonchev–Trinajstić information content (AvgIpc) is 2.73. The van der Waals surface area contributed by atoms with E-state index in [-0.39, 0.29) is 6.03 Å². The second kappa shape index (κ2) is 6.54. The molecule has 3 N–H and O–H groups in total. The van der Waals surface area contributed by atoms with Crippen LogP contribution in [0, 0.1) is 13.8 Å². The van der Waals surface area contributed by atoms with Crippen molar-refractivity contribution in [3.63, 3.8) is 0 Å². The molecule has 1 saturated carbocycles. The molecule has 2 rings (SSSR count). The monoisotopic (exact) mass is 297 g/mol. The Balaban J connectivity index is 1.74. The van der Waals surface area contributed by atoms with Crippen molar-refractivity contribution in [2.24, 2.45) is 0 Å². The van der Waals surface area contributed by atoms with Crippen molar-refractivity contribution < 1.29 is 9.90 Å². The Morgan fingerprint density at radius 2 is 2.00 bits per heavy atom. The molecule has 1 aromatic rings. The molecule has 1 heterocycles. The standard InChI is InChI=1S/C14H23N3O2S/c1-10-12(20-11(2)17-10)8-15-13(18)16-9-14(19)6-4-3-5-7-14/h19H,3-9H2,1-2H3,(H2,15,16,18). The summed E-state index contributed by atoms with van der Waals surface area (Å²) in [5.74, 6) is 0. The SMILES string of the molecule is Cc1nc(C)c(CNC(=O)NCC2(O)CCCCC2)s1. The molecule has 6 heteroatoms. The summed E-state index contributed by atoms with van der Waals surface area (Å²) < 4.78 is 0. The van der Waals surface area contributed by atoms with Gasteiger partial charge in [-0.25, -0.2) is 9.78 Å². The van der Waals surface area contributed by atoms with Gasteiger partial charge in [0, 0.05) is 11.4 Å². The van der Waals surface area contributed by atoms with Gasteiger partial charge < -0.3 is 15.7 Å². The molecule has 0 bridgehead atoms. The number of hydrogen-bond acceptors (Lipinski definition) is 4. The highest BCUT2D eigenvalue weighted by Gasteiger charge is 2.29. The Morgan fingerprint density at radius 3 is 2.60 bits per heavy atom. The van der Waals surface area contributed by atoms with Gasteiger partial charge >= 0.3 is 6.03 Å². The summed E-state index contributed by atoms with van der Waals surface area (Å²) in [6.45, 7) is 4.73. The normalized spacial score (nSPS) is 17.8. The Morgan fingerprint density at radius 1 is 1.30 bits per heavy atom. The van der Waals surface area contributed by atoms with E-state index in [9.17, 15) is 9.90 Å². The summed E-state index contributed by atoms with van der Waals surface area (Å²) in [6, 6.07) is -0.227. The number of aliphatic hydroxyl groups is 1. The van der Waals surface area contributed by atoms with Crippen LogP contribution in [0.2, 0.25) is 0 Å². The number of aryl methyl sites for hydroxylation is 2. The average molecular weight is 297 g/mol. The molecule has 1 aliphatic rings. The highest BCUT2D eigenvalue weighted by atomic mass is 32.1. The predicted octanol–water partition coefficient (Wildman–Crippen LogP) is 2.25. The predicted molar refractivity (Wildman–Crippen MR) is 79.9 cm³/mol. The zero-order chi connectivity index (χ0) is 14.6. The molecule has 5 nitrogen and oxygen atoms in total. The van der Waals surface area contributed by atoms with E-state index in [4.69, 9.17) is 0 Å². The van der Waals surface area contributed by atoms with Crippen LogP contribution in [0.4, 0.5) is 4.79 Å². The molecule has 0 atom stereocenters. The van der Waals surface area contributed by atoms with Crippen LogP contribution in [-0.4, -0.2) is 28.3 Å². The van der Waals surface area contributed by atoms with Gasteiger partial charge in [-0.3, -0.25) is 0 Å². The van der Waals surface area contributed by atoms with E-state index in [0.717, 1.165) is 41.3 Å². The number of aromatic nitrogens is 1. The summed E-state index contributed by atoms with van der Waals surface area (Å²) in [4.78, 5) is 17.2. The van der Waals surface area contributed by atoms with Crippen molar-refractivity contribution in [3.8, 4) is 0 Å². The van der Waals surface area contributed by atoms with Crippen LogP contribution >= 0.6 is 11.3 Å².